The van der Waals surface area contributed by atoms with Gasteiger partial charge in [0.2, 0.25) is 0 Å². The standard InChI is InChI=1S/C17H19N3O2S/c1-2-21-9-5-10-22-14-7-4-3-6-12(14)16-19-15(18)13-8-11-23-17(13)20-16/h3-4,6-8,11H,2,5,9-10H2,1H3,(H2,18,19,20). The highest BCUT2D eigenvalue weighted by atomic mass is 32.1. The van der Waals surface area contributed by atoms with Crippen molar-refractivity contribution < 1.29 is 9.47 Å². The van der Waals surface area contributed by atoms with E-state index in [1.54, 1.807) is 11.3 Å². The number of nitrogens with zero attached hydrogens (tertiary/aromatic N) is 2. The van der Waals surface area contributed by atoms with Gasteiger partial charge < -0.3 is 15.2 Å². The minimum atomic E-state index is 0.498. The maximum atomic E-state index is 6.04. The van der Waals surface area contributed by atoms with Gasteiger partial charge in [-0.3, -0.25) is 0 Å². The van der Waals surface area contributed by atoms with E-state index in [0.717, 1.165) is 34.6 Å². The molecule has 3 aromatic rings. The van der Waals surface area contributed by atoms with Crippen LogP contribution in [-0.2, 0) is 4.74 Å². The average molecular weight is 329 g/mol. The predicted molar refractivity (Wildman–Crippen MR) is 93.9 cm³/mol. The Kier molecular flexibility index (Phi) is 5.05. The third-order valence-electron chi connectivity index (χ3n) is 3.38. The van der Waals surface area contributed by atoms with Crippen LogP contribution >= 0.6 is 11.3 Å². The summed E-state index contributed by atoms with van der Waals surface area (Å²) in [6, 6.07) is 9.70. The van der Waals surface area contributed by atoms with Crippen LogP contribution in [0.1, 0.15) is 13.3 Å². The topological polar surface area (TPSA) is 70.3 Å². The zero-order chi connectivity index (χ0) is 16.1. The molecule has 0 radical (unpaired) electrons. The summed E-state index contributed by atoms with van der Waals surface area (Å²) in [5.74, 6) is 1.86. The number of fused-ring (bicyclic) bond motifs is 1. The molecule has 1 aromatic carbocycles. The lowest BCUT2D eigenvalue weighted by molar-refractivity contribution is 0.131. The van der Waals surface area contributed by atoms with Crippen LogP contribution in [0.4, 0.5) is 5.82 Å². The highest BCUT2D eigenvalue weighted by Gasteiger charge is 2.12. The predicted octanol–water partition coefficient (Wildman–Crippen LogP) is 3.75. The lowest BCUT2D eigenvalue weighted by atomic mass is 10.2. The number of hydrogen-bond donors (Lipinski definition) is 1. The molecule has 0 saturated heterocycles. The van der Waals surface area contributed by atoms with Crippen molar-refractivity contribution in [3.8, 4) is 17.1 Å². The monoisotopic (exact) mass is 329 g/mol. The molecule has 2 aromatic heterocycles. The molecule has 23 heavy (non-hydrogen) atoms. The number of benzene rings is 1. The molecule has 2 N–H and O–H groups in total. The SMILES string of the molecule is CCOCCCOc1ccccc1-c1nc(N)c2ccsc2n1. The molecule has 0 amide bonds. The molecule has 0 bridgehead atoms. The molecule has 6 heteroatoms. The molecular weight excluding hydrogens is 310 g/mol. The Balaban J connectivity index is 1.83. The molecule has 0 aliphatic carbocycles. The van der Waals surface area contributed by atoms with Crippen LogP contribution in [-0.4, -0.2) is 29.8 Å². The quantitative estimate of drug-likeness (QED) is 0.669. The van der Waals surface area contributed by atoms with Gasteiger partial charge in [-0.25, -0.2) is 9.97 Å². The number of para-hydroxylation sites is 1. The molecule has 0 fully saturated rings. The van der Waals surface area contributed by atoms with E-state index in [1.807, 2.05) is 42.6 Å². The largest absolute Gasteiger partial charge is 0.493 e. The van der Waals surface area contributed by atoms with E-state index in [0.29, 0.717) is 24.9 Å². The molecule has 0 aliphatic heterocycles. The number of thiophene rings is 1. The Bertz CT molecular complexity index is 788. The lowest BCUT2D eigenvalue weighted by Gasteiger charge is -2.11. The first-order valence-corrected chi connectivity index (χ1v) is 8.48. The third kappa shape index (κ3) is 3.60. The van der Waals surface area contributed by atoms with Crippen molar-refractivity contribution in [3.05, 3.63) is 35.7 Å². The number of nitrogens with two attached hydrogens (primary N) is 1. The molecule has 0 spiro atoms. The number of rotatable bonds is 7. The summed E-state index contributed by atoms with van der Waals surface area (Å²) >= 11 is 1.55. The fourth-order valence-electron chi connectivity index (χ4n) is 2.26. The van der Waals surface area contributed by atoms with Crippen LogP contribution in [0.2, 0.25) is 0 Å². The third-order valence-corrected chi connectivity index (χ3v) is 4.18. The molecule has 0 unspecified atom stereocenters. The van der Waals surface area contributed by atoms with Gasteiger partial charge in [-0.05, 0) is 30.5 Å². The van der Waals surface area contributed by atoms with Crippen LogP contribution in [0.3, 0.4) is 0 Å². The minimum Gasteiger partial charge on any atom is -0.493 e. The van der Waals surface area contributed by atoms with E-state index < -0.39 is 0 Å². The van der Waals surface area contributed by atoms with Crippen molar-refractivity contribution in [2.75, 3.05) is 25.6 Å². The van der Waals surface area contributed by atoms with Gasteiger partial charge in [0, 0.05) is 19.6 Å². The van der Waals surface area contributed by atoms with Crippen molar-refractivity contribution in [2.24, 2.45) is 0 Å². The van der Waals surface area contributed by atoms with E-state index in [9.17, 15) is 0 Å². The number of nitrogen functional groups attached to an aromatic ring is 1. The van der Waals surface area contributed by atoms with Gasteiger partial charge in [0.05, 0.1) is 17.6 Å². The summed E-state index contributed by atoms with van der Waals surface area (Å²) < 4.78 is 11.2. The minimum absolute atomic E-state index is 0.498. The normalized spacial score (nSPS) is 11.0. The van der Waals surface area contributed by atoms with Gasteiger partial charge in [0.1, 0.15) is 16.4 Å². The van der Waals surface area contributed by atoms with E-state index >= 15 is 0 Å². The molecule has 3 rings (SSSR count). The summed E-state index contributed by atoms with van der Waals surface area (Å²) in [7, 11) is 0. The Morgan fingerprint density at radius 3 is 2.87 bits per heavy atom. The van der Waals surface area contributed by atoms with Crippen molar-refractivity contribution in [1.29, 1.82) is 0 Å². The Morgan fingerprint density at radius 1 is 1.13 bits per heavy atom. The maximum absolute atomic E-state index is 6.04. The molecule has 0 saturated carbocycles. The molecule has 120 valence electrons. The van der Waals surface area contributed by atoms with Gasteiger partial charge in [0.25, 0.3) is 0 Å². The second-order valence-electron chi connectivity index (χ2n) is 4.97. The number of anilines is 1. The van der Waals surface area contributed by atoms with Gasteiger partial charge in [-0.1, -0.05) is 12.1 Å². The first kappa shape index (κ1) is 15.7. The second-order valence-corrected chi connectivity index (χ2v) is 5.86. The highest BCUT2D eigenvalue weighted by Crippen LogP contribution is 2.31. The van der Waals surface area contributed by atoms with Crippen LogP contribution in [0, 0.1) is 0 Å². The highest BCUT2D eigenvalue weighted by molar-refractivity contribution is 7.16. The fraction of sp³-hybridized carbons (Fsp3) is 0.294. The van der Waals surface area contributed by atoms with Gasteiger partial charge in [0.15, 0.2) is 5.82 Å². The van der Waals surface area contributed by atoms with Gasteiger partial charge in [-0.2, -0.15) is 0 Å². The average Bonchev–Trinajstić information content (AvgIpc) is 3.04. The fourth-order valence-corrected chi connectivity index (χ4v) is 3.04. The lowest BCUT2D eigenvalue weighted by Crippen LogP contribution is -2.04. The van der Waals surface area contributed by atoms with Crippen LogP contribution in [0.25, 0.3) is 21.6 Å². The second kappa shape index (κ2) is 7.39. The molecule has 0 atom stereocenters. The molecule has 5 nitrogen and oxygen atoms in total. The Labute approximate surface area is 139 Å². The van der Waals surface area contributed by atoms with E-state index in [-0.39, 0.29) is 0 Å². The van der Waals surface area contributed by atoms with Crippen molar-refractivity contribution >= 4 is 27.4 Å². The molecule has 0 aliphatic rings. The van der Waals surface area contributed by atoms with Crippen molar-refractivity contribution in [2.45, 2.75) is 13.3 Å². The van der Waals surface area contributed by atoms with Gasteiger partial charge in [-0.15, -0.1) is 11.3 Å². The van der Waals surface area contributed by atoms with Crippen LogP contribution in [0.5, 0.6) is 5.75 Å². The maximum Gasteiger partial charge on any atom is 0.166 e. The van der Waals surface area contributed by atoms with Crippen molar-refractivity contribution in [1.82, 2.24) is 9.97 Å². The van der Waals surface area contributed by atoms with Crippen molar-refractivity contribution in [3.63, 3.8) is 0 Å². The summed E-state index contributed by atoms with van der Waals surface area (Å²) in [6.07, 6.45) is 0.842. The van der Waals surface area contributed by atoms with E-state index in [4.69, 9.17) is 15.2 Å². The summed E-state index contributed by atoms with van der Waals surface area (Å²) in [6.45, 7) is 4.00. The number of hydrogen-bond acceptors (Lipinski definition) is 6. The number of aromatic nitrogens is 2. The smallest absolute Gasteiger partial charge is 0.166 e. The first-order valence-electron chi connectivity index (χ1n) is 7.60. The summed E-state index contributed by atoms with van der Waals surface area (Å²) in [5, 5.41) is 2.86. The van der Waals surface area contributed by atoms with E-state index in [1.165, 1.54) is 0 Å². The summed E-state index contributed by atoms with van der Waals surface area (Å²) in [5.41, 5.74) is 6.89. The zero-order valence-corrected chi connectivity index (χ0v) is 13.8. The first-order chi connectivity index (χ1) is 11.3. The number of ether oxygens (including phenoxy) is 2. The zero-order valence-electron chi connectivity index (χ0n) is 13.0. The van der Waals surface area contributed by atoms with Crippen LogP contribution in [0.15, 0.2) is 35.7 Å². The van der Waals surface area contributed by atoms with Gasteiger partial charge >= 0.3 is 0 Å². The summed E-state index contributed by atoms with van der Waals surface area (Å²) in [4.78, 5) is 9.93. The molecule has 2 heterocycles. The Hall–Kier alpha value is -2.18. The Morgan fingerprint density at radius 2 is 2.00 bits per heavy atom. The van der Waals surface area contributed by atoms with E-state index in [2.05, 4.69) is 9.97 Å². The van der Waals surface area contributed by atoms with Crippen LogP contribution < -0.4 is 10.5 Å². The molecular formula is C17H19N3O2S.